The van der Waals surface area contributed by atoms with Crippen molar-refractivity contribution >= 4 is 11.5 Å². The second-order valence-corrected chi connectivity index (χ2v) is 3.90. The third kappa shape index (κ3) is 2.66. The lowest BCUT2D eigenvalue weighted by atomic mass is 9.98. The summed E-state index contributed by atoms with van der Waals surface area (Å²) in [6, 6.07) is 7.86. The Balaban J connectivity index is 3.06. The molecule has 1 atom stereocenters. The van der Waals surface area contributed by atoms with Crippen LogP contribution in [0, 0.1) is 10.9 Å². The van der Waals surface area contributed by atoms with Crippen LogP contribution in [0.25, 0.3) is 0 Å². The fraction of sp³-hybridized carbons (Fsp3) is 0.417. The van der Waals surface area contributed by atoms with Crippen LogP contribution in [0.1, 0.15) is 38.7 Å². The van der Waals surface area contributed by atoms with E-state index in [1.165, 1.54) is 10.6 Å². The number of benzene rings is 1. The molecule has 0 spiro atoms. The van der Waals surface area contributed by atoms with Gasteiger partial charge in [-0.25, -0.2) is 5.01 Å². The summed E-state index contributed by atoms with van der Waals surface area (Å²) in [5, 5.41) is 12.2. The first-order valence-electron chi connectivity index (χ1n) is 5.42. The molecule has 0 saturated carbocycles. The molecule has 4 nitrogen and oxygen atoms in total. The second kappa shape index (κ2) is 5.39. The highest BCUT2D eigenvalue weighted by Crippen LogP contribution is 2.24. The molecule has 0 amide bonds. The van der Waals surface area contributed by atoms with Gasteiger partial charge in [0.2, 0.25) is 0 Å². The smallest absolute Gasteiger partial charge is 0.121 e. The molecule has 0 saturated heterocycles. The number of anilines is 1. The Morgan fingerprint density at radius 1 is 1.50 bits per heavy atom. The van der Waals surface area contributed by atoms with E-state index in [4.69, 9.17) is 10.9 Å². The predicted octanol–water partition coefficient (Wildman–Crippen LogP) is 3.95. The van der Waals surface area contributed by atoms with Crippen molar-refractivity contribution in [3.05, 3.63) is 29.8 Å². The number of nitrogens with one attached hydrogen (secondary N) is 2. The first-order valence-corrected chi connectivity index (χ1v) is 5.42. The summed E-state index contributed by atoms with van der Waals surface area (Å²) in [5.41, 5.74) is 9.06. The van der Waals surface area contributed by atoms with Gasteiger partial charge in [0.15, 0.2) is 0 Å². The highest BCUT2D eigenvalue weighted by molar-refractivity contribution is 5.92. The van der Waals surface area contributed by atoms with Gasteiger partial charge in [0.05, 0.1) is 5.69 Å². The van der Waals surface area contributed by atoms with Crippen molar-refractivity contribution in [2.45, 2.75) is 33.1 Å². The minimum Gasteiger partial charge on any atom is -0.287 e. The number of nitrogens with zero attached hydrogens (tertiary/aromatic N) is 2. The van der Waals surface area contributed by atoms with Crippen molar-refractivity contribution < 1.29 is 0 Å². The molecule has 0 aliphatic carbocycles. The summed E-state index contributed by atoms with van der Waals surface area (Å²) >= 11 is 0. The van der Waals surface area contributed by atoms with Gasteiger partial charge in [-0.1, -0.05) is 31.2 Å². The van der Waals surface area contributed by atoms with Gasteiger partial charge in [-0.05, 0) is 37.0 Å². The topological polar surface area (TPSA) is 63.3 Å². The van der Waals surface area contributed by atoms with Crippen LogP contribution in [-0.2, 0) is 0 Å². The molecule has 0 fully saturated rings. The normalized spacial score (nSPS) is 11.9. The number of amidine groups is 1. The summed E-state index contributed by atoms with van der Waals surface area (Å²) in [6.45, 7) is 5.93. The Bertz CT molecular complexity index is 386. The van der Waals surface area contributed by atoms with Gasteiger partial charge in [-0.2, -0.15) is 5.53 Å². The summed E-state index contributed by atoms with van der Waals surface area (Å²) in [4.78, 5) is 0. The first-order chi connectivity index (χ1) is 7.60. The number of rotatable bonds is 4. The zero-order valence-corrected chi connectivity index (χ0v) is 9.99. The molecule has 16 heavy (non-hydrogen) atoms. The Kier molecular flexibility index (Phi) is 4.17. The van der Waals surface area contributed by atoms with Crippen molar-refractivity contribution in [2.24, 2.45) is 5.22 Å². The summed E-state index contributed by atoms with van der Waals surface area (Å²) < 4.78 is 0. The Labute approximate surface area is 96.3 Å². The summed E-state index contributed by atoms with van der Waals surface area (Å²) in [6.07, 6.45) is 1.07. The molecule has 0 bridgehead atoms. The van der Waals surface area contributed by atoms with E-state index in [1.54, 1.807) is 6.92 Å². The van der Waals surface area contributed by atoms with E-state index < -0.39 is 0 Å². The summed E-state index contributed by atoms with van der Waals surface area (Å²) in [5.74, 6) is 0.731. The molecule has 4 heteroatoms. The maximum atomic E-state index is 7.52. The maximum Gasteiger partial charge on any atom is 0.121 e. The molecule has 2 N–H and O–H groups in total. The van der Waals surface area contributed by atoms with Crippen LogP contribution in [0.3, 0.4) is 0 Å². The van der Waals surface area contributed by atoms with Gasteiger partial charge in [-0.15, -0.1) is 0 Å². The number of hydrogen-bond donors (Lipinski definition) is 2. The van der Waals surface area contributed by atoms with Crippen LogP contribution in [0.2, 0.25) is 0 Å². The van der Waals surface area contributed by atoms with E-state index in [1.807, 2.05) is 18.2 Å². The minimum absolute atomic E-state index is 0.247. The SMILES string of the molecule is CCC(C)c1cccc(N(N=N)C(C)=N)c1. The van der Waals surface area contributed by atoms with Crippen LogP contribution in [-0.4, -0.2) is 5.84 Å². The molecule has 1 aromatic rings. The van der Waals surface area contributed by atoms with Gasteiger partial charge >= 0.3 is 0 Å². The van der Waals surface area contributed by atoms with E-state index in [-0.39, 0.29) is 5.84 Å². The summed E-state index contributed by atoms with van der Waals surface area (Å²) in [7, 11) is 0. The molecule has 0 aromatic heterocycles. The lowest BCUT2D eigenvalue weighted by Crippen LogP contribution is -2.20. The quantitative estimate of drug-likeness (QED) is 0.342. The standard InChI is InChI=1S/C12H18N4/c1-4-9(2)11-6-5-7-12(8-11)16(15-14)10(3)13/h5-9,13-14H,4H2,1-3H3. The van der Waals surface area contributed by atoms with E-state index >= 15 is 0 Å². The third-order valence-corrected chi connectivity index (χ3v) is 2.71. The van der Waals surface area contributed by atoms with Crippen molar-refractivity contribution in [1.29, 1.82) is 10.9 Å². The zero-order chi connectivity index (χ0) is 12.1. The Morgan fingerprint density at radius 3 is 2.69 bits per heavy atom. The van der Waals surface area contributed by atoms with Gasteiger partial charge in [-0.3, -0.25) is 5.41 Å². The van der Waals surface area contributed by atoms with Crippen LogP contribution >= 0.6 is 0 Å². The molecule has 1 aromatic carbocycles. The van der Waals surface area contributed by atoms with Gasteiger partial charge in [0.25, 0.3) is 0 Å². The van der Waals surface area contributed by atoms with E-state index in [2.05, 4.69) is 25.1 Å². The third-order valence-electron chi connectivity index (χ3n) is 2.71. The van der Waals surface area contributed by atoms with E-state index in [0.717, 1.165) is 12.1 Å². The predicted molar refractivity (Wildman–Crippen MR) is 66.2 cm³/mol. The average Bonchev–Trinajstić information content (AvgIpc) is 2.29. The molecule has 0 heterocycles. The van der Waals surface area contributed by atoms with Crippen LogP contribution < -0.4 is 5.01 Å². The molecule has 86 valence electrons. The highest BCUT2D eigenvalue weighted by Gasteiger charge is 2.09. The largest absolute Gasteiger partial charge is 0.287 e. The number of hydrogen-bond acceptors (Lipinski definition) is 3. The zero-order valence-electron chi connectivity index (χ0n) is 9.99. The molecule has 1 rings (SSSR count). The molecule has 1 unspecified atom stereocenters. The fourth-order valence-electron chi connectivity index (χ4n) is 1.53. The van der Waals surface area contributed by atoms with Crippen molar-refractivity contribution in [3.8, 4) is 0 Å². The average molecular weight is 218 g/mol. The fourth-order valence-corrected chi connectivity index (χ4v) is 1.53. The molecular weight excluding hydrogens is 200 g/mol. The van der Waals surface area contributed by atoms with Gasteiger partial charge < -0.3 is 0 Å². The Morgan fingerprint density at radius 2 is 2.19 bits per heavy atom. The lowest BCUT2D eigenvalue weighted by molar-refractivity contribution is 0.733. The maximum absolute atomic E-state index is 7.52. The monoisotopic (exact) mass is 218 g/mol. The van der Waals surface area contributed by atoms with Crippen LogP contribution in [0.15, 0.2) is 29.5 Å². The molecule has 0 radical (unpaired) electrons. The van der Waals surface area contributed by atoms with Crippen molar-refractivity contribution in [1.82, 2.24) is 0 Å². The van der Waals surface area contributed by atoms with Crippen molar-refractivity contribution in [3.63, 3.8) is 0 Å². The molecular formula is C12H18N4. The molecule has 0 aliphatic heterocycles. The van der Waals surface area contributed by atoms with E-state index in [0.29, 0.717) is 5.92 Å². The molecule has 0 aliphatic rings. The highest BCUT2D eigenvalue weighted by atomic mass is 15.5. The minimum atomic E-state index is 0.247. The van der Waals surface area contributed by atoms with Crippen LogP contribution in [0.5, 0.6) is 0 Å². The van der Waals surface area contributed by atoms with Gasteiger partial charge in [0.1, 0.15) is 5.84 Å². The van der Waals surface area contributed by atoms with E-state index in [9.17, 15) is 0 Å². The Hall–Kier alpha value is -1.71. The van der Waals surface area contributed by atoms with Gasteiger partial charge in [0, 0.05) is 0 Å². The van der Waals surface area contributed by atoms with Crippen molar-refractivity contribution in [2.75, 3.05) is 5.01 Å². The lowest BCUT2D eigenvalue weighted by Gasteiger charge is -2.17. The second-order valence-electron chi connectivity index (χ2n) is 3.90. The first kappa shape index (κ1) is 12.4. The van der Waals surface area contributed by atoms with Crippen LogP contribution in [0.4, 0.5) is 5.69 Å².